The van der Waals surface area contributed by atoms with E-state index in [2.05, 4.69) is 57.8 Å². The first-order valence-electron chi connectivity index (χ1n) is 11.5. The van der Waals surface area contributed by atoms with Crippen molar-refractivity contribution in [3.63, 3.8) is 0 Å². The highest BCUT2D eigenvalue weighted by atomic mass is 32.2. The Morgan fingerprint density at radius 2 is 1.61 bits per heavy atom. The van der Waals surface area contributed by atoms with Gasteiger partial charge < -0.3 is 9.45 Å². The van der Waals surface area contributed by atoms with Gasteiger partial charge in [-0.2, -0.15) is 0 Å². The van der Waals surface area contributed by atoms with Crippen LogP contribution in [-0.4, -0.2) is 43.3 Å². The third kappa shape index (κ3) is 8.97. The molecule has 0 saturated carbocycles. The van der Waals surface area contributed by atoms with Crippen LogP contribution in [0, 0.1) is 13.8 Å². The van der Waals surface area contributed by atoms with Crippen LogP contribution in [0.1, 0.15) is 38.3 Å². The van der Waals surface area contributed by atoms with Gasteiger partial charge in [-0.15, -0.1) is 11.3 Å². The van der Waals surface area contributed by atoms with Gasteiger partial charge in [0.1, 0.15) is 11.6 Å². The third-order valence-electron chi connectivity index (χ3n) is 5.75. The number of aromatic nitrogens is 2. The van der Waals surface area contributed by atoms with E-state index in [1.54, 1.807) is 16.2 Å². The molecule has 0 fully saturated rings. The number of aryl methyl sites for hydroxylation is 3. The molecule has 0 unspecified atom stereocenters. The van der Waals surface area contributed by atoms with E-state index in [4.69, 9.17) is 0 Å². The molecule has 3 rings (SSSR count). The first-order valence-corrected chi connectivity index (χ1v) is 13.9. The van der Waals surface area contributed by atoms with Crippen LogP contribution < -0.4 is 9.47 Å². The number of hydrogen-bond acceptors (Lipinski definition) is 5. The molecule has 1 N–H and O–H groups in total. The monoisotopic (exact) mass is 490 g/mol. The van der Waals surface area contributed by atoms with Gasteiger partial charge in [0.15, 0.2) is 12.4 Å². The zero-order chi connectivity index (χ0) is 24.4. The second-order valence-electron chi connectivity index (χ2n) is 8.08. The summed E-state index contributed by atoms with van der Waals surface area (Å²) in [6.45, 7) is 15.2. The second-order valence-corrected chi connectivity index (χ2v) is 10.6. The van der Waals surface area contributed by atoms with Crippen molar-refractivity contribution in [3.8, 4) is 21.0 Å². The van der Waals surface area contributed by atoms with Crippen LogP contribution >= 0.6 is 11.3 Å². The maximum atomic E-state index is 10.6. The molecular weight excluding hydrogens is 454 g/mol. The summed E-state index contributed by atoms with van der Waals surface area (Å²) < 4.78 is 33.8. The van der Waals surface area contributed by atoms with Gasteiger partial charge in [0, 0.05) is 36.1 Å². The number of quaternary nitrogens is 1. The first-order chi connectivity index (χ1) is 15.7. The molecule has 0 bridgehead atoms. The quantitative estimate of drug-likeness (QED) is 0.369. The minimum atomic E-state index is -4.15. The topological polar surface area (TPSA) is 78.4 Å². The lowest BCUT2D eigenvalue weighted by atomic mass is 10.1. The fraction of sp³-hybridized carbons (Fsp3) is 0.440. The number of rotatable bonds is 9. The molecule has 180 valence electrons. The first kappa shape index (κ1) is 27.1. The smallest absolute Gasteiger partial charge is 0.169 e. The molecule has 0 aliphatic carbocycles. The number of nitrogens with one attached hydrogen (secondary N) is 1. The van der Waals surface area contributed by atoms with Gasteiger partial charge in [0.25, 0.3) is 0 Å². The molecule has 6 nitrogen and oxygen atoms in total. The molecular formula is C25H36N3O3S2+. The molecule has 8 heteroatoms. The lowest BCUT2D eigenvalue weighted by Crippen LogP contribution is -3.11. The van der Waals surface area contributed by atoms with Crippen LogP contribution in [0.4, 0.5) is 0 Å². The number of benzene rings is 1. The summed E-state index contributed by atoms with van der Waals surface area (Å²) in [6, 6.07) is 10.3. The molecule has 1 aromatic carbocycles. The van der Waals surface area contributed by atoms with E-state index in [0.717, 1.165) is 15.4 Å². The van der Waals surface area contributed by atoms with Gasteiger partial charge in [0.05, 0.1) is 34.6 Å². The molecule has 2 heterocycles. The standard InChI is InChI=1S/C19H20N2O3S2.C6H15N/c1-14-4-5-17(12-15(14)2)18-13-20-19(25-18)16-6-9-21(10-7-16)8-3-11-26(22,23)24;1-4-7(5-2)6-3/h4-7,9-10,12-13H,3,8,11H2,1-2H3;4-6H2,1-3H3/p+1. The highest BCUT2D eigenvalue weighted by Crippen LogP contribution is 2.32. The SMILES string of the molecule is CC[NH+](CC)CC.Cc1ccc(-c2cnc(-c3cc[n+](CCCS(=O)(=O)[O-])cc3)s2)cc1C. The third-order valence-corrected chi connectivity index (χ3v) is 7.63. The molecule has 0 aliphatic heterocycles. The van der Waals surface area contributed by atoms with Crippen LogP contribution in [0.2, 0.25) is 0 Å². The summed E-state index contributed by atoms with van der Waals surface area (Å²) >= 11 is 1.64. The Labute approximate surface area is 202 Å². The van der Waals surface area contributed by atoms with E-state index in [1.165, 1.54) is 36.3 Å². The maximum Gasteiger partial charge on any atom is 0.169 e. The fourth-order valence-corrected chi connectivity index (χ4v) is 4.76. The number of thiazole rings is 1. The van der Waals surface area contributed by atoms with Gasteiger partial charge in [-0.3, -0.25) is 0 Å². The summed E-state index contributed by atoms with van der Waals surface area (Å²) in [6.07, 6.45) is 5.96. The summed E-state index contributed by atoms with van der Waals surface area (Å²) in [5.74, 6) is -0.340. The molecule has 3 aromatic rings. The Hall–Kier alpha value is -2.13. The average Bonchev–Trinajstić information content (AvgIpc) is 3.27. The molecule has 2 aromatic heterocycles. The number of nitrogens with zero attached hydrogens (tertiary/aromatic N) is 2. The Bertz CT molecular complexity index is 1100. The summed E-state index contributed by atoms with van der Waals surface area (Å²) in [7, 11) is -4.15. The summed E-state index contributed by atoms with van der Waals surface area (Å²) in [5, 5.41) is 0.938. The van der Waals surface area contributed by atoms with Gasteiger partial charge in [0.2, 0.25) is 0 Å². The maximum absolute atomic E-state index is 10.6. The van der Waals surface area contributed by atoms with Crippen molar-refractivity contribution in [2.24, 2.45) is 0 Å². The van der Waals surface area contributed by atoms with Crippen LogP contribution in [0.25, 0.3) is 21.0 Å². The molecule has 0 atom stereocenters. The fourth-order valence-electron chi connectivity index (χ4n) is 3.36. The van der Waals surface area contributed by atoms with Crippen molar-refractivity contribution in [1.82, 2.24) is 4.98 Å². The normalized spacial score (nSPS) is 11.4. The Morgan fingerprint density at radius 1 is 0.970 bits per heavy atom. The van der Waals surface area contributed by atoms with E-state index in [0.29, 0.717) is 13.0 Å². The molecule has 0 spiro atoms. The van der Waals surface area contributed by atoms with Crippen molar-refractivity contribution in [2.75, 3.05) is 25.4 Å². The summed E-state index contributed by atoms with van der Waals surface area (Å²) in [4.78, 5) is 7.33. The van der Waals surface area contributed by atoms with Gasteiger partial charge in [-0.1, -0.05) is 18.2 Å². The highest BCUT2D eigenvalue weighted by molar-refractivity contribution is 7.85. The predicted octanol–water partition coefficient (Wildman–Crippen LogP) is 3.25. The van der Waals surface area contributed by atoms with Crippen LogP contribution in [0.3, 0.4) is 0 Å². The van der Waals surface area contributed by atoms with E-state index in [-0.39, 0.29) is 5.75 Å². The van der Waals surface area contributed by atoms with E-state index in [1.807, 2.05) is 35.3 Å². The summed E-state index contributed by atoms with van der Waals surface area (Å²) in [5.41, 5.74) is 4.72. The van der Waals surface area contributed by atoms with Crippen molar-refractivity contribution >= 4 is 21.5 Å². The molecule has 0 saturated heterocycles. The Kier molecular flexibility index (Phi) is 10.6. The minimum Gasteiger partial charge on any atom is -0.748 e. The highest BCUT2D eigenvalue weighted by Gasteiger charge is 2.10. The molecule has 0 aliphatic rings. The van der Waals surface area contributed by atoms with Crippen LogP contribution in [0.15, 0.2) is 48.9 Å². The lowest BCUT2D eigenvalue weighted by molar-refractivity contribution is -0.894. The predicted molar refractivity (Wildman–Crippen MR) is 134 cm³/mol. The second kappa shape index (κ2) is 12.9. The Balaban J connectivity index is 0.000000479. The zero-order valence-corrected chi connectivity index (χ0v) is 21.9. The van der Waals surface area contributed by atoms with E-state index >= 15 is 0 Å². The van der Waals surface area contributed by atoms with Gasteiger partial charge in [-0.25, -0.2) is 18.0 Å². The minimum absolute atomic E-state index is 0.310. The zero-order valence-electron chi connectivity index (χ0n) is 20.3. The van der Waals surface area contributed by atoms with Crippen LogP contribution in [0.5, 0.6) is 0 Å². The Morgan fingerprint density at radius 3 is 2.12 bits per heavy atom. The van der Waals surface area contributed by atoms with Crippen molar-refractivity contribution in [2.45, 2.75) is 47.6 Å². The van der Waals surface area contributed by atoms with E-state index in [9.17, 15) is 13.0 Å². The van der Waals surface area contributed by atoms with Crippen LogP contribution in [-0.2, 0) is 16.7 Å². The largest absolute Gasteiger partial charge is 0.748 e. The molecule has 0 amide bonds. The van der Waals surface area contributed by atoms with Gasteiger partial charge >= 0.3 is 0 Å². The van der Waals surface area contributed by atoms with Gasteiger partial charge in [-0.05, 0) is 51.3 Å². The molecule has 0 radical (unpaired) electrons. The lowest BCUT2D eigenvalue weighted by Gasteiger charge is -2.10. The van der Waals surface area contributed by atoms with E-state index < -0.39 is 10.1 Å². The number of pyridine rings is 1. The van der Waals surface area contributed by atoms with Crippen molar-refractivity contribution in [3.05, 3.63) is 60.0 Å². The number of hydrogen-bond donors (Lipinski definition) is 1. The van der Waals surface area contributed by atoms with Crippen molar-refractivity contribution < 1.29 is 22.4 Å². The van der Waals surface area contributed by atoms with Crippen molar-refractivity contribution in [1.29, 1.82) is 0 Å². The molecule has 33 heavy (non-hydrogen) atoms. The average molecular weight is 491 g/mol.